The summed E-state index contributed by atoms with van der Waals surface area (Å²) in [5.41, 5.74) is 4.61. The topological polar surface area (TPSA) is 118 Å². The minimum atomic E-state index is -0.500. The van der Waals surface area contributed by atoms with Gasteiger partial charge in [0.1, 0.15) is 29.2 Å². The van der Waals surface area contributed by atoms with Gasteiger partial charge in [-0.3, -0.25) is 4.68 Å². The molecule has 218 valence electrons. The maximum absolute atomic E-state index is 12.4. The number of nitrogens with one attached hydrogen (secondary N) is 1. The van der Waals surface area contributed by atoms with E-state index in [9.17, 15) is 10.1 Å². The van der Waals surface area contributed by atoms with Crippen LogP contribution in [0, 0.1) is 11.3 Å². The molecule has 2 fully saturated rings. The number of aromatic nitrogens is 4. The van der Waals surface area contributed by atoms with Crippen LogP contribution in [-0.4, -0.2) is 68.7 Å². The Morgan fingerprint density at radius 1 is 1.07 bits per heavy atom. The van der Waals surface area contributed by atoms with Crippen molar-refractivity contribution in [3.63, 3.8) is 0 Å². The third-order valence-electron chi connectivity index (χ3n) is 7.83. The van der Waals surface area contributed by atoms with Crippen LogP contribution < -0.4 is 4.74 Å². The van der Waals surface area contributed by atoms with Crippen LogP contribution >= 0.6 is 0 Å². The van der Waals surface area contributed by atoms with Crippen molar-refractivity contribution in [3.05, 3.63) is 54.6 Å². The molecule has 5 heterocycles. The van der Waals surface area contributed by atoms with Gasteiger partial charge in [0, 0.05) is 66.6 Å². The number of nitrogens with zero attached hydrogens (tertiary/aromatic N) is 5. The van der Waals surface area contributed by atoms with Gasteiger partial charge in [-0.05, 0) is 57.4 Å². The van der Waals surface area contributed by atoms with Gasteiger partial charge in [-0.25, -0.2) is 9.78 Å². The third kappa shape index (κ3) is 5.97. The average Bonchev–Trinajstić information content (AvgIpc) is 3.65. The lowest BCUT2D eigenvalue weighted by molar-refractivity contribution is 0.0184. The number of benzene rings is 1. The summed E-state index contributed by atoms with van der Waals surface area (Å²) in [6.07, 6.45) is 10.8. The fourth-order valence-corrected chi connectivity index (χ4v) is 5.59. The summed E-state index contributed by atoms with van der Waals surface area (Å²) in [5.74, 6) is 0.608. The summed E-state index contributed by atoms with van der Waals surface area (Å²) < 4.78 is 19.1. The van der Waals surface area contributed by atoms with Crippen molar-refractivity contribution in [1.29, 1.82) is 5.26 Å². The lowest BCUT2D eigenvalue weighted by Crippen LogP contribution is -2.42. The highest BCUT2D eigenvalue weighted by atomic mass is 16.6. The monoisotopic (exact) mass is 568 g/mol. The number of carbonyl (C=O) groups excluding carboxylic acids is 1. The fraction of sp³-hybridized carbons (Fsp3) is 0.438. The molecule has 0 aliphatic carbocycles. The molecule has 0 spiro atoms. The first kappa shape index (κ1) is 27.8. The Morgan fingerprint density at radius 3 is 2.60 bits per heavy atom. The van der Waals surface area contributed by atoms with Gasteiger partial charge < -0.3 is 24.1 Å². The van der Waals surface area contributed by atoms with E-state index in [1.807, 2.05) is 62.2 Å². The molecule has 10 heteroatoms. The summed E-state index contributed by atoms with van der Waals surface area (Å²) in [7, 11) is 0. The number of hydrogen-bond acceptors (Lipinski definition) is 7. The van der Waals surface area contributed by atoms with E-state index in [1.165, 1.54) is 0 Å². The number of carbonyl (C=O) groups is 1. The Balaban J connectivity index is 1.18. The predicted octanol–water partition coefficient (Wildman–Crippen LogP) is 6.09. The van der Waals surface area contributed by atoms with E-state index in [0.29, 0.717) is 37.6 Å². The van der Waals surface area contributed by atoms with Gasteiger partial charge in [-0.15, -0.1) is 0 Å². The number of fused-ring (bicyclic) bond motifs is 1. The van der Waals surface area contributed by atoms with E-state index in [-0.39, 0.29) is 18.2 Å². The SMILES string of the molecule is CC(C)(C)OC(=O)N1CCC(n2cc(-c3cnc4[nH]cc(-c5ccc(OC6CCOCC6)c(C#N)c5)c4c3)cn2)CC1. The van der Waals surface area contributed by atoms with Crippen LogP contribution in [-0.2, 0) is 9.47 Å². The zero-order valence-corrected chi connectivity index (χ0v) is 24.3. The van der Waals surface area contributed by atoms with E-state index in [2.05, 4.69) is 33.4 Å². The molecule has 0 atom stereocenters. The van der Waals surface area contributed by atoms with Crippen molar-refractivity contribution >= 4 is 17.1 Å². The minimum Gasteiger partial charge on any atom is -0.489 e. The van der Waals surface area contributed by atoms with Gasteiger partial charge in [-0.1, -0.05) is 6.07 Å². The van der Waals surface area contributed by atoms with Crippen LogP contribution in [0.25, 0.3) is 33.3 Å². The van der Waals surface area contributed by atoms with Gasteiger partial charge in [0.15, 0.2) is 0 Å². The van der Waals surface area contributed by atoms with E-state index >= 15 is 0 Å². The molecule has 10 nitrogen and oxygen atoms in total. The van der Waals surface area contributed by atoms with Gasteiger partial charge in [-0.2, -0.15) is 10.4 Å². The van der Waals surface area contributed by atoms with Crippen molar-refractivity contribution in [2.24, 2.45) is 0 Å². The lowest BCUT2D eigenvalue weighted by Gasteiger charge is -2.33. The van der Waals surface area contributed by atoms with Gasteiger partial charge in [0.25, 0.3) is 0 Å². The molecule has 1 amide bonds. The molecule has 0 saturated carbocycles. The van der Waals surface area contributed by atoms with Crippen LogP contribution in [0.15, 0.2) is 49.1 Å². The zero-order chi connectivity index (χ0) is 29.3. The molecule has 1 N–H and O–H groups in total. The first-order valence-corrected chi connectivity index (χ1v) is 14.6. The minimum absolute atomic E-state index is 0.0648. The zero-order valence-electron chi connectivity index (χ0n) is 24.3. The Hall–Kier alpha value is -4.36. The molecule has 2 aliphatic heterocycles. The highest BCUT2D eigenvalue weighted by Gasteiger charge is 2.28. The van der Waals surface area contributed by atoms with Crippen LogP contribution in [0.4, 0.5) is 4.79 Å². The van der Waals surface area contributed by atoms with Crippen LogP contribution in [0.5, 0.6) is 5.75 Å². The smallest absolute Gasteiger partial charge is 0.410 e. The summed E-state index contributed by atoms with van der Waals surface area (Å²) in [5, 5.41) is 15.5. The molecule has 1 aromatic carbocycles. The lowest BCUT2D eigenvalue weighted by atomic mass is 10.0. The van der Waals surface area contributed by atoms with Crippen molar-refractivity contribution in [2.45, 2.75) is 64.2 Å². The second-order valence-corrected chi connectivity index (χ2v) is 12.0. The maximum Gasteiger partial charge on any atom is 0.410 e. The number of H-pyrrole nitrogens is 1. The first-order valence-electron chi connectivity index (χ1n) is 14.6. The first-order chi connectivity index (χ1) is 20.3. The second kappa shape index (κ2) is 11.5. The molecule has 2 saturated heterocycles. The summed E-state index contributed by atoms with van der Waals surface area (Å²) in [6, 6.07) is 10.4. The molecule has 2 aliphatic rings. The van der Waals surface area contributed by atoms with Crippen molar-refractivity contribution in [3.8, 4) is 34.1 Å². The summed E-state index contributed by atoms with van der Waals surface area (Å²) in [6.45, 7) is 8.29. The predicted molar refractivity (Wildman–Crippen MR) is 158 cm³/mol. The number of pyridine rings is 1. The van der Waals surface area contributed by atoms with Crippen LogP contribution in [0.1, 0.15) is 58.1 Å². The number of hydrogen-bond donors (Lipinski definition) is 1. The van der Waals surface area contributed by atoms with E-state index in [1.54, 1.807) is 4.90 Å². The Labute approximate surface area is 245 Å². The molecule has 4 aromatic rings. The molecule has 3 aromatic heterocycles. The normalized spacial score (nSPS) is 16.9. The van der Waals surface area contributed by atoms with E-state index in [0.717, 1.165) is 59.0 Å². The molecule has 42 heavy (non-hydrogen) atoms. The molecule has 0 unspecified atom stereocenters. The van der Waals surface area contributed by atoms with Crippen molar-refractivity contribution in [1.82, 2.24) is 24.6 Å². The Morgan fingerprint density at radius 2 is 1.86 bits per heavy atom. The number of amides is 1. The molecule has 6 rings (SSSR count). The van der Waals surface area contributed by atoms with E-state index in [4.69, 9.17) is 14.2 Å². The fourth-order valence-electron chi connectivity index (χ4n) is 5.59. The number of nitriles is 1. The highest BCUT2D eigenvalue weighted by Crippen LogP contribution is 2.34. The number of rotatable bonds is 5. The summed E-state index contributed by atoms with van der Waals surface area (Å²) in [4.78, 5) is 22.2. The van der Waals surface area contributed by atoms with Crippen molar-refractivity contribution in [2.75, 3.05) is 26.3 Å². The average molecular weight is 569 g/mol. The van der Waals surface area contributed by atoms with E-state index < -0.39 is 5.60 Å². The van der Waals surface area contributed by atoms with Gasteiger partial charge >= 0.3 is 6.09 Å². The molecular weight excluding hydrogens is 532 g/mol. The molecule has 0 bridgehead atoms. The van der Waals surface area contributed by atoms with Crippen LogP contribution in [0.2, 0.25) is 0 Å². The Kier molecular flexibility index (Phi) is 7.60. The molecular formula is C32H36N6O4. The largest absolute Gasteiger partial charge is 0.489 e. The van der Waals surface area contributed by atoms with Crippen LogP contribution in [0.3, 0.4) is 0 Å². The Bertz CT molecular complexity index is 1610. The number of likely N-dealkylation sites (tertiary alicyclic amines) is 1. The summed E-state index contributed by atoms with van der Waals surface area (Å²) >= 11 is 0. The van der Waals surface area contributed by atoms with Gasteiger partial charge in [0.05, 0.1) is 31.0 Å². The number of aromatic amines is 1. The van der Waals surface area contributed by atoms with Crippen molar-refractivity contribution < 1.29 is 19.0 Å². The number of ether oxygens (including phenoxy) is 3. The maximum atomic E-state index is 12.4. The highest BCUT2D eigenvalue weighted by molar-refractivity contribution is 5.96. The van der Waals surface area contributed by atoms with Gasteiger partial charge in [0.2, 0.25) is 0 Å². The number of piperidine rings is 1. The quantitative estimate of drug-likeness (QED) is 0.309. The molecule has 0 radical (unpaired) electrons. The third-order valence-corrected chi connectivity index (χ3v) is 7.83. The standard InChI is InChI=1S/C32H36N6O4/c1-32(2,3)42-31(39)37-10-6-25(7-11-37)38-20-24(18-36-38)23-15-27-28(19-35-30(27)34-17-23)21-4-5-29(22(14-21)16-33)41-26-8-12-40-13-9-26/h4-5,14-15,17-20,25-26H,6-13H2,1-3H3,(H,34,35). The second-order valence-electron chi connectivity index (χ2n) is 12.0.